The van der Waals surface area contributed by atoms with Gasteiger partial charge in [0.2, 0.25) is 10.0 Å². The minimum Gasteiger partial charge on any atom is -0.465 e. The second kappa shape index (κ2) is 7.08. The number of rotatable bonds is 5. The van der Waals surface area contributed by atoms with Gasteiger partial charge in [-0.05, 0) is 50.2 Å². The number of nitrogens with one attached hydrogen (secondary N) is 1. The van der Waals surface area contributed by atoms with Crippen molar-refractivity contribution in [3.63, 3.8) is 0 Å². The van der Waals surface area contributed by atoms with E-state index in [4.69, 9.17) is 4.74 Å². The normalized spacial score (nSPS) is 20.0. The highest BCUT2D eigenvalue weighted by Crippen LogP contribution is 2.32. The van der Waals surface area contributed by atoms with Crippen LogP contribution in [0.4, 0.5) is 0 Å². The van der Waals surface area contributed by atoms with E-state index in [1.165, 1.54) is 11.4 Å². The quantitative estimate of drug-likeness (QED) is 0.817. The summed E-state index contributed by atoms with van der Waals surface area (Å²) < 4.78 is 32.1. The Morgan fingerprint density at radius 1 is 1.55 bits per heavy atom. The van der Waals surface area contributed by atoms with Crippen LogP contribution in [0.25, 0.3) is 0 Å². The summed E-state index contributed by atoms with van der Waals surface area (Å²) in [4.78, 5) is 12.1. The number of sulfonamides is 1. The maximum absolute atomic E-state index is 13.0. The zero-order valence-corrected chi connectivity index (χ0v) is 14.7. The molecule has 1 unspecified atom stereocenters. The van der Waals surface area contributed by atoms with Crippen molar-refractivity contribution in [2.24, 2.45) is 5.92 Å². The number of nitrogens with zero attached hydrogens (tertiary/aromatic N) is 1. The van der Waals surface area contributed by atoms with Crippen LogP contribution in [0.3, 0.4) is 0 Å². The van der Waals surface area contributed by atoms with Gasteiger partial charge in [-0.2, -0.15) is 4.31 Å². The second-order valence-corrected chi connectivity index (χ2v) is 8.25. The summed E-state index contributed by atoms with van der Waals surface area (Å²) in [6.07, 6.45) is 1.85. The number of aryl methyl sites for hydroxylation is 1. The first-order valence-electron chi connectivity index (χ1n) is 7.23. The lowest BCUT2D eigenvalue weighted by molar-refractivity contribution is 0.0602. The molecule has 0 aromatic carbocycles. The molecule has 1 aliphatic heterocycles. The number of carbonyl (C=O) groups excluding carboxylic acids is 1. The number of carbonyl (C=O) groups is 1. The van der Waals surface area contributed by atoms with Crippen molar-refractivity contribution >= 4 is 27.3 Å². The summed E-state index contributed by atoms with van der Waals surface area (Å²) in [6, 6.07) is 0. The molecule has 0 saturated carbocycles. The van der Waals surface area contributed by atoms with Crippen molar-refractivity contribution in [3.05, 3.63) is 15.8 Å². The van der Waals surface area contributed by atoms with Crippen molar-refractivity contribution < 1.29 is 17.9 Å². The monoisotopic (exact) mass is 346 g/mol. The van der Waals surface area contributed by atoms with Gasteiger partial charge in [0, 0.05) is 13.1 Å². The van der Waals surface area contributed by atoms with E-state index >= 15 is 0 Å². The van der Waals surface area contributed by atoms with Gasteiger partial charge in [0.25, 0.3) is 0 Å². The summed E-state index contributed by atoms with van der Waals surface area (Å²) in [5, 5.41) is 4.79. The molecule has 2 heterocycles. The minimum absolute atomic E-state index is 0.106. The number of methoxy groups -OCH3 is 1. The molecule has 1 N–H and O–H groups in total. The molecule has 0 bridgehead atoms. The van der Waals surface area contributed by atoms with Crippen molar-refractivity contribution in [1.29, 1.82) is 0 Å². The molecule has 1 saturated heterocycles. The first-order chi connectivity index (χ1) is 10.4. The molecular weight excluding hydrogens is 324 g/mol. The van der Waals surface area contributed by atoms with Crippen molar-refractivity contribution in [2.45, 2.75) is 24.7 Å². The van der Waals surface area contributed by atoms with Crippen LogP contribution in [0.2, 0.25) is 0 Å². The van der Waals surface area contributed by atoms with E-state index in [2.05, 4.69) is 5.32 Å². The van der Waals surface area contributed by atoms with E-state index in [0.29, 0.717) is 24.6 Å². The van der Waals surface area contributed by atoms with Crippen molar-refractivity contribution in [3.8, 4) is 0 Å². The topological polar surface area (TPSA) is 75.7 Å². The Bertz CT molecular complexity index is 637. The Labute approximate surface area is 135 Å². The highest BCUT2D eigenvalue weighted by Gasteiger charge is 2.35. The van der Waals surface area contributed by atoms with Crippen LogP contribution in [0.15, 0.2) is 10.3 Å². The van der Waals surface area contributed by atoms with E-state index in [9.17, 15) is 13.2 Å². The molecule has 0 aliphatic carbocycles. The number of hydrogen-bond donors (Lipinski definition) is 1. The molecule has 124 valence electrons. The lowest BCUT2D eigenvalue weighted by Gasteiger charge is -2.32. The minimum atomic E-state index is -3.67. The zero-order valence-electron chi connectivity index (χ0n) is 13.1. The number of thiophene rings is 1. The van der Waals surface area contributed by atoms with E-state index in [1.807, 2.05) is 7.05 Å². The van der Waals surface area contributed by atoms with Crippen LogP contribution < -0.4 is 5.32 Å². The molecule has 6 nitrogen and oxygen atoms in total. The van der Waals surface area contributed by atoms with Gasteiger partial charge in [-0.3, -0.25) is 0 Å². The Morgan fingerprint density at radius 3 is 2.91 bits per heavy atom. The van der Waals surface area contributed by atoms with Gasteiger partial charge in [-0.1, -0.05) is 0 Å². The van der Waals surface area contributed by atoms with Gasteiger partial charge < -0.3 is 10.1 Å². The highest BCUT2D eigenvalue weighted by molar-refractivity contribution is 7.89. The van der Waals surface area contributed by atoms with Gasteiger partial charge in [0.15, 0.2) is 0 Å². The molecule has 1 aliphatic rings. The third-order valence-electron chi connectivity index (χ3n) is 3.86. The lowest BCUT2D eigenvalue weighted by atomic mass is 10.00. The standard InChI is InChI=1S/C14H22N2O4S2/c1-10-9-21-12(14(17)20-3)13(10)22(18,19)16-6-4-5-11(8-16)7-15-2/h9,11,15H,4-8H2,1-3H3. The predicted molar refractivity (Wildman–Crippen MR) is 85.8 cm³/mol. The SMILES string of the molecule is CNCC1CCCN(S(=O)(=O)c2c(C)csc2C(=O)OC)C1. The van der Waals surface area contributed by atoms with Gasteiger partial charge in [0.05, 0.1) is 7.11 Å². The molecule has 0 radical (unpaired) electrons. The van der Waals surface area contributed by atoms with Crippen LogP contribution >= 0.6 is 11.3 Å². The first kappa shape index (κ1) is 17.4. The largest absolute Gasteiger partial charge is 0.465 e. The Morgan fingerprint density at radius 2 is 2.27 bits per heavy atom. The molecule has 0 spiro atoms. The summed E-state index contributed by atoms with van der Waals surface area (Å²) in [5.74, 6) is -0.297. The van der Waals surface area contributed by atoms with Gasteiger partial charge in [-0.15, -0.1) is 11.3 Å². The average molecular weight is 346 g/mol. The summed E-state index contributed by atoms with van der Waals surface area (Å²) in [7, 11) is -0.543. The molecule has 1 aromatic rings. The van der Waals surface area contributed by atoms with Crippen LogP contribution in [0, 0.1) is 12.8 Å². The van der Waals surface area contributed by atoms with Crippen LogP contribution in [-0.2, 0) is 14.8 Å². The Balaban J connectivity index is 2.34. The first-order valence-corrected chi connectivity index (χ1v) is 9.55. The molecule has 8 heteroatoms. The molecule has 22 heavy (non-hydrogen) atoms. The van der Waals surface area contributed by atoms with Crippen LogP contribution in [0.1, 0.15) is 28.1 Å². The molecule has 1 aromatic heterocycles. The van der Waals surface area contributed by atoms with E-state index < -0.39 is 16.0 Å². The maximum atomic E-state index is 13.0. The highest BCUT2D eigenvalue weighted by atomic mass is 32.2. The number of esters is 1. The van der Waals surface area contributed by atoms with Crippen molar-refractivity contribution in [2.75, 3.05) is 33.8 Å². The third kappa shape index (κ3) is 3.34. The van der Waals surface area contributed by atoms with Gasteiger partial charge in [-0.25, -0.2) is 13.2 Å². The van der Waals surface area contributed by atoms with Gasteiger partial charge >= 0.3 is 5.97 Å². The molecule has 1 fully saturated rings. The Hall–Kier alpha value is -0.960. The number of hydrogen-bond acceptors (Lipinski definition) is 6. The zero-order chi connectivity index (χ0) is 16.3. The fourth-order valence-electron chi connectivity index (χ4n) is 2.82. The average Bonchev–Trinajstić information content (AvgIpc) is 2.89. The lowest BCUT2D eigenvalue weighted by Crippen LogP contribution is -2.42. The number of ether oxygens (including phenoxy) is 1. The van der Waals surface area contributed by atoms with E-state index in [-0.39, 0.29) is 9.77 Å². The fourth-order valence-corrected chi connectivity index (χ4v) is 6.03. The van der Waals surface area contributed by atoms with E-state index in [1.54, 1.807) is 12.3 Å². The molecular formula is C14H22N2O4S2. The second-order valence-electron chi connectivity index (χ2n) is 5.50. The van der Waals surface area contributed by atoms with Crippen molar-refractivity contribution in [1.82, 2.24) is 9.62 Å². The van der Waals surface area contributed by atoms with Crippen LogP contribution in [-0.4, -0.2) is 52.5 Å². The smallest absolute Gasteiger partial charge is 0.349 e. The third-order valence-corrected chi connectivity index (χ3v) is 7.12. The fraction of sp³-hybridized carbons (Fsp3) is 0.643. The van der Waals surface area contributed by atoms with Gasteiger partial charge in [0.1, 0.15) is 9.77 Å². The number of piperidine rings is 1. The Kier molecular flexibility index (Phi) is 5.60. The predicted octanol–water partition coefficient (Wildman–Crippen LogP) is 1.46. The van der Waals surface area contributed by atoms with Crippen LogP contribution in [0.5, 0.6) is 0 Å². The molecule has 0 amide bonds. The summed E-state index contributed by atoms with van der Waals surface area (Å²) in [5.41, 5.74) is 0.598. The summed E-state index contributed by atoms with van der Waals surface area (Å²) in [6.45, 7) is 3.49. The summed E-state index contributed by atoms with van der Waals surface area (Å²) >= 11 is 1.12. The van der Waals surface area contributed by atoms with E-state index in [0.717, 1.165) is 30.7 Å². The molecule has 2 rings (SSSR count). The maximum Gasteiger partial charge on any atom is 0.349 e. The molecule has 1 atom stereocenters.